The third-order valence-electron chi connectivity index (χ3n) is 3.83. The van der Waals surface area contributed by atoms with Crippen LogP contribution in [0.15, 0.2) is 78.0 Å². The fraction of sp³-hybridized carbons (Fsp3) is 0.150. The fourth-order valence-electron chi connectivity index (χ4n) is 2.67. The summed E-state index contributed by atoms with van der Waals surface area (Å²) in [5.41, 5.74) is 15.0. The molecule has 0 radical (unpaired) electrons. The Labute approximate surface area is 141 Å². The summed E-state index contributed by atoms with van der Waals surface area (Å²) >= 11 is 0. The maximum atomic E-state index is 12.2. The third-order valence-corrected chi connectivity index (χ3v) is 3.83. The topological polar surface area (TPSA) is 78.3 Å². The van der Waals surface area contributed by atoms with E-state index in [0.29, 0.717) is 23.4 Å². The standard InChI is InChI=1S/C20H20N2O2/c21-17-11-16(12-18(22)13-17)20(23)24-19-8-6-15(7-9-19)10-14-4-2-1-3-5-14/h1-9,11-12,17H,10,13,21-22H2. The predicted octanol–water partition coefficient (Wildman–Crippen LogP) is 2.68. The van der Waals surface area contributed by atoms with Gasteiger partial charge in [0.1, 0.15) is 5.75 Å². The number of benzene rings is 2. The summed E-state index contributed by atoms with van der Waals surface area (Å²) in [4.78, 5) is 12.2. The van der Waals surface area contributed by atoms with Crippen LogP contribution in [0.1, 0.15) is 17.5 Å². The summed E-state index contributed by atoms with van der Waals surface area (Å²) < 4.78 is 5.39. The zero-order valence-electron chi connectivity index (χ0n) is 13.3. The number of rotatable bonds is 4. The Morgan fingerprint density at radius 2 is 1.71 bits per heavy atom. The molecule has 0 saturated carbocycles. The van der Waals surface area contributed by atoms with E-state index in [-0.39, 0.29) is 6.04 Å². The summed E-state index contributed by atoms with van der Waals surface area (Å²) in [6.07, 6.45) is 4.71. The van der Waals surface area contributed by atoms with Gasteiger partial charge in [0.05, 0.1) is 5.57 Å². The van der Waals surface area contributed by atoms with Crippen molar-refractivity contribution >= 4 is 5.97 Å². The van der Waals surface area contributed by atoms with Crippen LogP contribution in [0.2, 0.25) is 0 Å². The van der Waals surface area contributed by atoms with Gasteiger partial charge in [0.2, 0.25) is 0 Å². The second-order valence-electron chi connectivity index (χ2n) is 5.91. The molecular formula is C20H20N2O2. The highest BCUT2D eigenvalue weighted by Gasteiger charge is 2.17. The van der Waals surface area contributed by atoms with E-state index in [0.717, 1.165) is 12.0 Å². The van der Waals surface area contributed by atoms with E-state index < -0.39 is 5.97 Å². The molecule has 4 nitrogen and oxygen atoms in total. The van der Waals surface area contributed by atoms with E-state index in [4.69, 9.17) is 16.2 Å². The number of carbonyl (C=O) groups is 1. The lowest BCUT2D eigenvalue weighted by Crippen LogP contribution is -2.26. The molecule has 0 fully saturated rings. The lowest BCUT2D eigenvalue weighted by atomic mass is 10.0. The van der Waals surface area contributed by atoms with Crippen molar-refractivity contribution in [2.45, 2.75) is 18.9 Å². The van der Waals surface area contributed by atoms with E-state index in [1.165, 1.54) is 5.56 Å². The maximum absolute atomic E-state index is 12.2. The van der Waals surface area contributed by atoms with Crippen LogP contribution < -0.4 is 16.2 Å². The molecule has 0 spiro atoms. The second kappa shape index (κ2) is 7.15. The minimum absolute atomic E-state index is 0.245. The molecule has 0 aliphatic heterocycles. The van der Waals surface area contributed by atoms with Crippen molar-refractivity contribution in [2.24, 2.45) is 11.5 Å². The molecule has 3 rings (SSSR count). The normalized spacial score (nSPS) is 17.0. The molecule has 24 heavy (non-hydrogen) atoms. The molecule has 4 heteroatoms. The lowest BCUT2D eigenvalue weighted by Gasteiger charge is -2.15. The van der Waals surface area contributed by atoms with Crippen LogP contribution in [0.4, 0.5) is 0 Å². The van der Waals surface area contributed by atoms with Gasteiger partial charge in [-0.15, -0.1) is 0 Å². The van der Waals surface area contributed by atoms with Crippen LogP contribution in [0, 0.1) is 0 Å². The van der Waals surface area contributed by atoms with Crippen molar-refractivity contribution < 1.29 is 9.53 Å². The smallest absolute Gasteiger partial charge is 0.343 e. The summed E-state index contributed by atoms with van der Waals surface area (Å²) in [6, 6.07) is 17.5. The van der Waals surface area contributed by atoms with Gasteiger partial charge in [0.15, 0.2) is 0 Å². The highest BCUT2D eigenvalue weighted by atomic mass is 16.5. The Morgan fingerprint density at radius 1 is 1.04 bits per heavy atom. The highest BCUT2D eigenvalue weighted by Crippen LogP contribution is 2.19. The van der Waals surface area contributed by atoms with Gasteiger partial charge in [-0.05, 0) is 35.8 Å². The number of nitrogens with two attached hydrogens (primary N) is 2. The largest absolute Gasteiger partial charge is 0.423 e. The summed E-state index contributed by atoms with van der Waals surface area (Å²) in [5, 5.41) is 0. The van der Waals surface area contributed by atoms with E-state index in [2.05, 4.69) is 12.1 Å². The zero-order chi connectivity index (χ0) is 16.9. The van der Waals surface area contributed by atoms with Crippen molar-refractivity contribution in [1.82, 2.24) is 0 Å². The number of hydrogen-bond acceptors (Lipinski definition) is 4. The molecule has 0 saturated heterocycles. The van der Waals surface area contributed by atoms with Crippen molar-refractivity contribution in [1.29, 1.82) is 0 Å². The first kappa shape index (κ1) is 16.0. The van der Waals surface area contributed by atoms with E-state index in [9.17, 15) is 4.79 Å². The molecule has 1 atom stereocenters. The first-order valence-electron chi connectivity index (χ1n) is 7.88. The van der Waals surface area contributed by atoms with E-state index >= 15 is 0 Å². The van der Waals surface area contributed by atoms with Crippen molar-refractivity contribution in [3.8, 4) is 5.75 Å². The van der Waals surface area contributed by atoms with Crippen molar-refractivity contribution in [2.75, 3.05) is 0 Å². The van der Waals surface area contributed by atoms with Gasteiger partial charge in [0.25, 0.3) is 0 Å². The molecule has 1 aliphatic rings. The van der Waals surface area contributed by atoms with Gasteiger partial charge in [-0.25, -0.2) is 4.79 Å². The number of esters is 1. The quantitative estimate of drug-likeness (QED) is 0.670. The van der Waals surface area contributed by atoms with E-state index in [1.54, 1.807) is 24.3 Å². The molecular weight excluding hydrogens is 300 g/mol. The van der Waals surface area contributed by atoms with E-state index in [1.807, 2.05) is 30.3 Å². The van der Waals surface area contributed by atoms with Gasteiger partial charge in [-0.3, -0.25) is 0 Å². The van der Waals surface area contributed by atoms with Gasteiger partial charge < -0.3 is 16.2 Å². The van der Waals surface area contributed by atoms with Crippen molar-refractivity contribution in [3.63, 3.8) is 0 Å². The zero-order valence-corrected chi connectivity index (χ0v) is 13.3. The molecule has 2 aromatic rings. The van der Waals surface area contributed by atoms with Crippen LogP contribution in [0.3, 0.4) is 0 Å². The summed E-state index contributed by atoms with van der Waals surface area (Å²) in [5.74, 6) is 0.0627. The first-order chi connectivity index (χ1) is 11.6. The maximum Gasteiger partial charge on any atom is 0.343 e. The van der Waals surface area contributed by atoms with Crippen LogP contribution >= 0.6 is 0 Å². The lowest BCUT2D eigenvalue weighted by molar-refractivity contribution is -0.129. The number of ether oxygens (including phenoxy) is 1. The SMILES string of the molecule is NC1=CC(C(=O)Oc2ccc(Cc3ccccc3)cc2)=CC(N)C1. The molecule has 2 aromatic carbocycles. The molecule has 0 bridgehead atoms. The van der Waals surface area contributed by atoms with Gasteiger partial charge in [-0.2, -0.15) is 0 Å². The Kier molecular flexibility index (Phi) is 4.77. The minimum Gasteiger partial charge on any atom is -0.423 e. The van der Waals surface area contributed by atoms with Gasteiger partial charge in [0, 0.05) is 18.2 Å². The highest BCUT2D eigenvalue weighted by molar-refractivity contribution is 5.93. The molecule has 4 N–H and O–H groups in total. The first-order valence-corrected chi connectivity index (χ1v) is 7.88. The summed E-state index contributed by atoms with van der Waals surface area (Å²) in [6.45, 7) is 0. The molecule has 1 unspecified atom stereocenters. The van der Waals surface area contributed by atoms with Crippen LogP contribution in [0.25, 0.3) is 0 Å². The second-order valence-corrected chi connectivity index (χ2v) is 5.91. The van der Waals surface area contributed by atoms with Crippen LogP contribution in [-0.4, -0.2) is 12.0 Å². The summed E-state index contributed by atoms with van der Waals surface area (Å²) in [7, 11) is 0. The minimum atomic E-state index is -0.441. The van der Waals surface area contributed by atoms with Crippen LogP contribution in [0.5, 0.6) is 5.75 Å². The average molecular weight is 320 g/mol. The van der Waals surface area contributed by atoms with Gasteiger partial charge in [-0.1, -0.05) is 48.5 Å². The monoisotopic (exact) mass is 320 g/mol. The van der Waals surface area contributed by atoms with Crippen LogP contribution in [-0.2, 0) is 11.2 Å². The Morgan fingerprint density at radius 3 is 2.38 bits per heavy atom. The van der Waals surface area contributed by atoms with Crippen molar-refractivity contribution in [3.05, 3.63) is 89.1 Å². The number of carbonyl (C=O) groups excluding carboxylic acids is 1. The average Bonchev–Trinajstić information content (AvgIpc) is 2.57. The molecule has 0 aromatic heterocycles. The molecule has 0 heterocycles. The Balaban J connectivity index is 1.65. The molecule has 0 amide bonds. The molecule has 1 aliphatic carbocycles. The van der Waals surface area contributed by atoms with Gasteiger partial charge >= 0.3 is 5.97 Å². The Hall–Kier alpha value is -2.85. The fourth-order valence-corrected chi connectivity index (χ4v) is 2.67. The Bertz CT molecular complexity index is 777. The number of hydrogen-bond donors (Lipinski definition) is 2. The molecule has 122 valence electrons. The third kappa shape index (κ3) is 4.12. The predicted molar refractivity (Wildman–Crippen MR) is 94.3 cm³/mol.